The summed E-state index contributed by atoms with van der Waals surface area (Å²) in [4.78, 5) is 12.8. The fraction of sp³-hybridized carbons (Fsp3) is 0.462. The molecule has 0 fully saturated rings. The van der Waals surface area contributed by atoms with Crippen molar-refractivity contribution in [1.82, 2.24) is 4.90 Å². The van der Waals surface area contributed by atoms with Gasteiger partial charge in [-0.1, -0.05) is 12.1 Å². The summed E-state index contributed by atoms with van der Waals surface area (Å²) in [6, 6.07) is 6.01. The van der Waals surface area contributed by atoms with Crippen molar-refractivity contribution in [2.24, 2.45) is 5.73 Å². The summed E-state index contributed by atoms with van der Waals surface area (Å²) in [5, 5.41) is 9.03. The molecule has 0 bridgehead atoms. The number of benzene rings is 1. The van der Waals surface area contributed by atoms with Gasteiger partial charge in [-0.15, -0.1) is 0 Å². The van der Waals surface area contributed by atoms with Crippen LogP contribution < -0.4 is 10.5 Å². The summed E-state index contributed by atoms with van der Waals surface area (Å²) in [5.74, 6) is -0.245. The SMILES string of the molecule is CCOc1ccc(C(C(N)C(=O)O)N(C)C)cc1. The monoisotopic (exact) mass is 252 g/mol. The lowest BCUT2D eigenvalue weighted by molar-refractivity contribution is -0.140. The third-order valence-electron chi connectivity index (χ3n) is 2.71. The van der Waals surface area contributed by atoms with Crippen molar-refractivity contribution < 1.29 is 14.6 Å². The normalized spacial score (nSPS) is 14.3. The van der Waals surface area contributed by atoms with Gasteiger partial charge >= 0.3 is 5.97 Å². The van der Waals surface area contributed by atoms with E-state index in [1.165, 1.54) is 0 Å². The number of carboxylic acid groups (broad SMARTS) is 1. The Morgan fingerprint density at radius 2 is 1.94 bits per heavy atom. The van der Waals surface area contributed by atoms with Crippen LogP contribution in [0.3, 0.4) is 0 Å². The molecule has 0 saturated carbocycles. The minimum absolute atomic E-state index is 0.363. The largest absolute Gasteiger partial charge is 0.494 e. The first-order valence-corrected chi connectivity index (χ1v) is 5.85. The van der Waals surface area contributed by atoms with Crippen molar-refractivity contribution in [3.63, 3.8) is 0 Å². The fourth-order valence-corrected chi connectivity index (χ4v) is 1.89. The molecular formula is C13H20N2O3. The Labute approximate surface area is 107 Å². The highest BCUT2D eigenvalue weighted by molar-refractivity contribution is 5.74. The minimum atomic E-state index is -1.01. The lowest BCUT2D eigenvalue weighted by Crippen LogP contribution is -2.43. The molecule has 0 saturated heterocycles. The van der Waals surface area contributed by atoms with Crippen LogP contribution in [0.5, 0.6) is 5.75 Å². The van der Waals surface area contributed by atoms with E-state index in [2.05, 4.69) is 0 Å². The molecule has 0 spiro atoms. The number of carbonyl (C=O) groups is 1. The molecule has 5 heteroatoms. The van der Waals surface area contributed by atoms with Gasteiger partial charge < -0.3 is 20.5 Å². The molecule has 0 heterocycles. The van der Waals surface area contributed by atoms with E-state index in [0.29, 0.717) is 6.61 Å². The van der Waals surface area contributed by atoms with Gasteiger partial charge in [-0.05, 0) is 38.7 Å². The van der Waals surface area contributed by atoms with Crippen LogP contribution >= 0.6 is 0 Å². The average Bonchev–Trinajstić information content (AvgIpc) is 2.31. The van der Waals surface area contributed by atoms with Crippen LogP contribution in [0.2, 0.25) is 0 Å². The number of nitrogens with two attached hydrogens (primary N) is 1. The summed E-state index contributed by atoms with van der Waals surface area (Å²) >= 11 is 0. The number of rotatable bonds is 6. The highest BCUT2D eigenvalue weighted by Crippen LogP contribution is 2.23. The van der Waals surface area contributed by atoms with Gasteiger partial charge in [-0.2, -0.15) is 0 Å². The van der Waals surface area contributed by atoms with E-state index in [0.717, 1.165) is 11.3 Å². The van der Waals surface area contributed by atoms with E-state index in [4.69, 9.17) is 15.6 Å². The highest BCUT2D eigenvalue weighted by Gasteiger charge is 2.27. The molecule has 1 rings (SSSR count). The van der Waals surface area contributed by atoms with Crippen molar-refractivity contribution in [1.29, 1.82) is 0 Å². The molecule has 1 aromatic rings. The maximum atomic E-state index is 11.0. The number of aliphatic carboxylic acids is 1. The summed E-state index contributed by atoms with van der Waals surface area (Å²) in [6.07, 6.45) is 0. The number of hydrogen-bond donors (Lipinski definition) is 2. The Balaban J connectivity index is 2.96. The molecule has 2 unspecified atom stereocenters. The van der Waals surface area contributed by atoms with Crippen molar-refractivity contribution in [3.05, 3.63) is 29.8 Å². The smallest absolute Gasteiger partial charge is 0.322 e. The zero-order valence-electron chi connectivity index (χ0n) is 11.0. The first kappa shape index (κ1) is 14.5. The molecule has 0 amide bonds. The molecule has 18 heavy (non-hydrogen) atoms. The first-order valence-electron chi connectivity index (χ1n) is 5.85. The molecule has 2 atom stereocenters. The van der Waals surface area contributed by atoms with Crippen molar-refractivity contribution in [3.8, 4) is 5.75 Å². The van der Waals surface area contributed by atoms with Gasteiger partial charge in [0, 0.05) is 0 Å². The van der Waals surface area contributed by atoms with E-state index in [1.807, 2.05) is 45.3 Å². The van der Waals surface area contributed by atoms with Gasteiger partial charge in [0.05, 0.1) is 12.6 Å². The number of ether oxygens (including phenoxy) is 1. The topological polar surface area (TPSA) is 75.8 Å². The predicted molar refractivity (Wildman–Crippen MR) is 69.7 cm³/mol. The third kappa shape index (κ3) is 3.45. The Morgan fingerprint density at radius 1 is 1.39 bits per heavy atom. The van der Waals surface area contributed by atoms with Crippen molar-refractivity contribution >= 4 is 5.97 Å². The van der Waals surface area contributed by atoms with Crippen LogP contribution in [0.4, 0.5) is 0 Å². The summed E-state index contributed by atoms with van der Waals surface area (Å²) in [7, 11) is 3.62. The van der Waals surface area contributed by atoms with Gasteiger partial charge in [0.2, 0.25) is 0 Å². The first-order chi connectivity index (χ1) is 8.47. The second kappa shape index (κ2) is 6.37. The molecule has 100 valence electrons. The maximum absolute atomic E-state index is 11.0. The lowest BCUT2D eigenvalue weighted by Gasteiger charge is -2.28. The van der Waals surface area contributed by atoms with Gasteiger partial charge in [0.25, 0.3) is 0 Å². The Kier molecular flexibility index (Phi) is 5.12. The van der Waals surface area contributed by atoms with Crippen LogP contribution in [-0.4, -0.2) is 42.7 Å². The molecule has 0 aliphatic carbocycles. The summed E-state index contributed by atoms with van der Waals surface area (Å²) < 4.78 is 5.35. The Morgan fingerprint density at radius 3 is 2.33 bits per heavy atom. The molecule has 0 aromatic heterocycles. The molecule has 0 aliphatic rings. The molecular weight excluding hydrogens is 232 g/mol. The van der Waals surface area contributed by atoms with E-state index in [-0.39, 0.29) is 6.04 Å². The van der Waals surface area contributed by atoms with E-state index in [1.54, 1.807) is 4.90 Å². The van der Waals surface area contributed by atoms with Gasteiger partial charge in [-0.25, -0.2) is 0 Å². The summed E-state index contributed by atoms with van der Waals surface area (Å²) in [5.41, 5.74) is 6.58. The third-order valence-corrected chi connectivity index (χ3v) is 2.71. The molecule has 0 radical (unpaired) electrons. The number of hydrogen-bond acceptors (Lipinski definition) is 4. The molecule has 0 aliphatic heterocycles. The number of nitrogens with zero attached hydrogens (tertiary/aromatic N) is 1. The maximum Gasteiger partial charge on any atom is 0.322 e. The quantitative estimate of drug-likeness (QED) is 0.793. The number of carboxylic acids is 1. The average molecular weight is 252 g/mol. The van der Waals surface area contributed by atoms with Crippen LogP contribution in [0, 0.1) is 0 Å². The van der Waals surface area contributed by atoms with Crippen molar-refractivity contribution in [2.75, 3.05) is 20.7 Å². The zero-order valence-corrected chi connectivity index (χ0v) is 11.0. The van der Waals surface area contributed by atoms with Crippen LogP contribution in [0.25, 0.3) is 0 Å². The predicted octanol–water partition coefficient (Wildman–Crippen LogP) is 1.10. The van der Waals surface area contributed by atoms with Crippen LogP contribution in [-0.2, 0) is 4.79 Å². The minimum Gasteiger partial charge on any atom is -0.494 e. The Bertz CT molecular complexity index is 390. The summed E-state index contributed by atoms with van der Waals surface area (Å²) in [6.45, 7) is 2.52. The van der Waals surface area contributed by atoms with Crippen molar-refractivity contribution in [2.45, 2.75) is 19.0 Å². The van der Waals surface area contributed by atoms with Crippen LogP contribution in [0.15, 0.2) is 24.3 Å². The van der Waals surface area contributed by atoms with Gasteiger partial charge in [0.15, 0.2) is 0 Å². The molecule has 1 aromatic carbocycles. The van der Waals surface area contributed by atoms with Gasteiger partial charge in [-0.3, -0.25) is 4.79 Å². The van der Waals surface area contributed by atoms with Crippen LogP contribution in [0.1, 0.15) is 18.5 Å². The second-order valence-corrected chi connectivity index (χ2v) is 4.27. The Hall–Kier alpha value is -1.59. The van der Waals surface area contributed by atoms with E-state index >= 15 is 0 Å². The zero-order chi connectivity index (χ0) is 13.7. The standard InChI is InChI=1S/C13H20N2O3/c1-4-18-10-7-5-9(6-8-10)12(15(2)3)11(14)13(16)17/h5-8,11-12H,4,14H2,1-3H3,(H,16,17). The fourth-order valence-electron chi connectivity index (χ4n) is 1.89. The van der Waals surface area contributed by atoms with E-state index < -0.39 is 12.0 Å². The molecule has 3 N–H and O–H groups in total. The second-order valence-electron chi connectivity index (χ2n) is 4.27. The van der Waals surface area contributed by atoms with Gasteiger partial charge in [0.1, 0.15) is 11.8 Å². The molecule has 5 nitrogen and oxygen atoms in total. The number of likely N-dealkylation sites (N-methyl/N-ethyl adjacent to an activating group) is 1. The lowest BCUT2D eigenvalue weighted by atomic mass is 9.99. The van der Waals surface area contributed by atoms with E-state index in [9.17, 15) is 4.79 Å². The highest BCUT2D eigenvalue weighted by atomic mass is 16.5.